The number of hydrogen-bond acceptors (Lipinski definition) is 2. The van der Waals surface area contributed by atoms with Crippen LogP contribution >= 0.6 is 0 Å². The van der Waals surface area contributed by atoms with Crippen LogP contribution in [0, 0.1) is 0 Å². The van der Waals surface area contributed by atoms with Gasteiger partial charge in [-0.1, -0.05) is 12.1 Å². The Labute approximate surface area is 103 Å². The third-order valence-electron chi connectivity index (χ3n) is 3.86. The summed E-state index contributed by atoms with van der Waals surface area (Å²) in [7, 11) is 0. The molecular formula is C15H20O2. The Hall–Kier alpha value is -1.02. The first-order valence-electron chi connectivity index (χ1n) is 6.72. The molecular weight excluding hydrogens is 212 g/mol. The minimum absolute atomic E-state index is 0.411. The molecule has 2 nitrogen and oxygen atoms in total. The van der Waals surface area contributed by atoms with Gasteiger partial charge in [0.2, 0.25) is 0 Å². The normalized spacial score (nSPS) is 22.6. The van der Waals surface area contributed by atoms with Gasteiger partial charge in [0.15, 0.2) is 0 Å². The Balaban J connectivity index is 1.65. The number of benzene rings is 1. The molecule has 0 atom stereocenters. The van der Waals surface area contributed by atoms with Crippen molar-refractivity contribution in [1.29, 1.82) is 0 Å². The fourth-order valence-electron chi connectivity index (χ4n) is 2.63. The summed E-state index contributed by atoms with van der Waals surface area (Å²) in [4.78, 5) is 0. The standard InChI is InChI=1S/C15H20O2/c16-15(8-9-15)11-12-4-3-7-14(10-12)17-13-5-1-2-6-13/h3-4,7,10,13,16H,1-2,5-6,8-9,11H2. The maximum absolute atomic E-state index is 9.92. The fourth-order valence-corrected chi connectivity index (χ4v) is 2.63. The van der Waals surface area contributed by atoms with Crippen LogP contribution in [0.4, 0.5) is 0 Å². The Bertz CT molecular complexity index is 390. The highest BCUT2D eigenvalue weighted by molar-refractivity contribution is 5.30. The second-order valence-corrected chi connectivity index (χ2v) is 5.57. The highest BCUT2D eigenvalue weighted by Gasteiger charge is 2.40. The van der Waals surface area contributed by atoms with Crippen LogP contribution in [0.25, 0.3) is 0 Å². The molecule has 2 heteroatoms. The van der Waals surface area contributed by atoms with E-state index in [9.17, 15) is 5.11 Å². The van der Waals surface area contributed by atoms with Crippen LogP contribution in [0.1, 0.15) is 44.1 Å². The van der Waals surface area contributed by atoms with E-state index in [-0.39, 0.29) is 0 Å². The quantitative estimate of drug-likeness (QED) is 0.864. The summed E-state index contributed by atoms with van der Waals surface area (Å²) in [6, 6.07) is 8.23. The number of aliphatic hydroxyl groups is 1. The minimum atomic E-state index is -0.411. The zero-order valence-electron chi connectivity index (χ0n) is 10.2. The topological polar surface area (TPSA) is 29.5 Å². The van der Waals surface area contributed by atoms with E-state index in [1.165, 1.54) is 31.2 Å². The lowest BCUT2D eigenvalue weighted by Crippen LogP contribution is -2.12. The highest BCUT2D eigenvalue weighted by atomic mass is 16.5. The Kier molecular flexibility index (Phi) is 2.83. The van der Waals surface area contributed by atoms with E-state index in [0.717, 1.165) is 25.0 Å². The first-order chi connectivity index (χ1) is 8.23. The second kappa shape index (κ2) is 4.34. The van der Waals surface area contributed by atoms with Gasteiger partial charge in [-0.3, -0.25) is 0 Å². The van der Waals surface area contributed by atoms with Crippen LogP contribution < -0.4 is 4.74 Å². The second-order valence-electron chi connectivity index (χ2n) is 5.57. The molecule has 92 valence electrons. The molecule has 0 spiro atoms. The smallest absolute Gasteiger partial charge is 0.119 e. The molecule has 2 saturated carbocycles. The lowest BCUT2D eigenvalue weighted by atomic mass is 10.1. The molecule has 2 aliphatic rings. The van der Waals surface area contributed by atoms with Gasteiger partial charge in [0, 0.05) is 6.42 Å². The van der Waals surface area contributed by atoms with Crippen molar-refractivity contribution >= 4 is 0 Å². The van der Waals surface area contributed by atoms with E-state index >= 15 is 0 Å². The predicted molar refractivity (Wildman–Crippen MR) is 67.2 cm³/mol. The predicted octanol–water partition coefficient (Wildman–Crippen LogP) is 3.08. The van der Waals surface area contributed by atoms with E-state index in [0.29, 0.717) is 6.10 Å². The van der Waals surface area contributed by atoms with E-state index in [1.54, 1.807) is 0 Å². The average molecular weight is 232 g/mol. The monoisotopic (exact) mass is 232 g/mol. The third-order valence-corrected chi connectivity index (χ3v) is 3.86. The van der Waals surface area contributed by atoms with Gasteiger partial charge >= 0.3 is 0 Å². The van der Waals surface area contributed by atoms with E-state index in [1.807, 2.05) is 12.1 Å². The molecule has 0 radical (unpaired) electrons. The maximum Gasteiger partial charge on any atom is 0.119 e. The van der Waals surface area contributed by atoms with E-state index in [2.05, 4.69) is 12.1 Å². The van der Waals surface area contributed by atoms with Crippen molar-refractivity contribution in [2.75, 3.05) is 0 Å². The van der Waals surface area contributed by atoms with Crippen LogP contribution in [0.2, 0.25) is 0 Å². The molecule has 0 aliphatic heterocycles. The number of ether oxygens (including phenoxy) is 1. The molecule has 2 aliphatic carbocycles. The van der Waals surface area contributed by atoms with Crippen LogP contribution in [-0.4, -0.2) is 16.8 Å². The molecule has 0 saturated heterocycles. The maximum atomic E-state index is 9.92. The highest BCUT2D eigenvalue weighted by Crippen LogP contribution is 2.38. The van der Waals surface area contributed by atoms with Crippen molar-refractivity contribution in [2.24, 2.45) is 0 Å². The number of rotatable bonds is 4. The summed E-state index contributed by atoms with van der Waals surface area (Å²) < 4.78 is 5.97. The van der Waals surface area contributed by atoms with Crippen molar-refractivity contribution in [3.8, 4) is 5.75 Å². The van der Waals surface area contributed by atoms with Gasteiger partial charge in [-0.2, -0.15) is 0 Å². The van der Waals surface area contributed by atoms with Crippen LogP contribution in [0.3, 0.4) is 0 Å². The van der Waals surface area contributed by atoms with Crippen molar-refractivity contribution in [1.82, 2.24) is 0 Å². The zero-order valence-corrected chi connectivity index (χ0v) is 10.2. The van der Waals surface area contributed by atoms with Gasteiger partial charge in [-0.05, 0) is 56.2 Å². The summed E-state index contributed by atoms with van der Waals surface area (Å²) in [6.45, 7) is 0. The van der Waals surface area contributed by atoms with E-state index in [4.69, 9.17) is 4.74 Å². The molecule has 1 aromatic rings. The zero-order chi connectivity index (χ0) is 11.7. The van der Waals surface area contributed by atoms with Crippen molar-refractivity contribution in [3.05, 3.63) is 29.8 Å². The van der Waals surface area contributed by atoms with Crippen LogP contribution in [0.5, 0.6) is 5.75 Å². The van der Waals surface area contributed by atoms with Crippen LogP contribution in [0.15, 0.2) is 24.3 Å². The van der Waals surface area contributed by atoms with E-state index < -0.39 is 5.60 Å². The van der Waals surface area contributed by atoms with Crippen molar-refractivity contribution in [2.45, 2.75) is 56.7 Å². The largest absolute Gasteiger partial charge is 0.490 e. The minimum Gasteiger partial charge on any atom is -0.490 e. The first-order valence-corrected chi connectivity index (χ1v) is 6.72. The molecule has 0 aromatic heterocycles. The summed E-state index contributed by atoms with van der Waals surface area (Å²) in [5.41, 5.74) is 0.784. The lowest BCUT2D eigenvalue weighted by molar-refractivity contribution is 0.150. The first kappa shape index (κ1) is 11.1. The van der Waals surface area contributed by atoms with Gasteiger partial charge in [0.25, 0.3) is 0 Å². The molecule has 1 aromatic carbocycles. The molecule has 0 amide bonds. The van der Waals surface area contributed by atoms with Gasteiger partial charge < -0.3 is 9.84 Å². The molecule has 17 heavy (non-hydrogen) atoms. The van der Waals surface area contributed by atoms with Crippen LogP contribution in [-0.2, 0) is 6.42 Å². The third kappa shape index (κ3) is 2.81. The molecule has 0 heterocycles. The molecule has 0 unspecified atom stereocenters. The molecule has 1 N–H and O–H groups in total. The average Bonchev–Trinajstić information content (AvgIpc) is 2.82. The molecule has 3 rings (SSSR count). The van der Waals surface area contributed by atoms with Crippen molar-refractivity contribution < 1.29 is 9.84 Å². The molecule has 0 bridgehead atoms. The summed E-state index contributed by atoms with van der Waals surface area (Å²) >= 11 is 0. The van der Waals surface area contributed by atoms with Crippen molar-refractivity contribution in [3.63, 3.8) is 0 Å². The lowest BCUT2D eigenvalue weighted by Gasteiger charge is -2.14. The Morgan fingerprint density at radius 2 is 2.00 bits per heavy atom. The fraction of sp³-hybridized carbons (Fsp3) is 0.600. The Morgan fingerprint density at radius 1 is 1.24 bits per heavy atom. The van der Waals surface area contributed by atoms with Gasteiger partial charge in [0.05, 0.1) is 11.7 Å². The van der Waals surface area contributed by atoms with Gasteiger partial charge in [-0.15, -0.1) is 0 Å². The number of hydrogen-bond donors (Lipinski definition) is 1. The summed E-state index contributed by atoms with van der Waals surface area (Å²) in [5, 5.41) is 9.92. The molecule has 2 fully saturated rings. The van der Waals surface area contributed by atoms with Gasteiger partial charge in [-0.25, -0.2) is 0 Å². The Morgan fingerprint density at radius 3 is 2.71 bits per heavy atom. The van der Waals surface area contributed by atoms with Gasteiger partial charge in [0.1, 0.15) is 5.75 Å². The summed E-state index contributed by atoms with van der Waals surface area (Å²) in [6.07, 6.45) is 8.04. The SMILES string of the molecule is OC1(Cc2cccc(OC3CCCC3)c2)CC1. The summed E-state index contributed by atoms with van der Waals surface area (Å²) in [5.74, 6) is 0.971.